The van der Waals surface area contributed by atoms with Gasteiger partial charge >= 0.3 is 24.8 Å². The number of carbonyl (C=O) groups is 1. The Labute approximate surface area is 212 Å². The first-order chi connectivity index (χ1) is 16.1. The van der Waals surface area contributed by atoms with E-state index in [0.717, 1.165) is 4.31 Å². The van der Waals surface area contributed by atoms with Crippen LogP contribution in [0.1, 0.15) is 21.5 Å². The molecule has 3 aromatic rings. The monoisotopic (exact) mass is 503 g/mol. The molecule has 0 aromatic heterocycles. The van der Waals surface area contributed by atoms with E-state index in [2.05, 4.69) is 0 Å². The Morgan fingerprint density at radius 1 is 0.829 bits per heavy atom. The summed E-state index contributed by atoms with van der Waals surface area (Å²) in [4.78, 5) is 9.99. The average Bonchev–Trinajstić information content (AvgIpc) is 2.82. The average molecular weight is 503 g/mol. The van der Waals surface area contributed by atoms with Crippen LogP contribution in [-0.4, -0.2) is 56.9 Å². The Bertz CT molecular complexity index is 1250. The van der Waals surface area contributed by atoms with Gasteiger partial charge in [-0.05, 0) is 41.5 Å². The molecule has 0 amide bonds. The summed E-state index contributed by atoms with van der Waals surface area (Å²) in [6, 6.07) is 13.0. The minimum absolute atomic E-state index is 0. The molecule has 0 aliphatic carbocycles. The normalized spacial score (nSPS) is 11.1. The third kappa shape index (κ3) is 6.18. The molecule has 0 unspecified atom stereocenters. The van der Waals surface area contributed by atoms with Crippen molar-refractivity contribution >= 4 is 34.9 Å². The Hall–Kier alpha value is -2.97. The first-order valence-corrected chi connectivity index (χ1v) is 11.2. The number of halogens is 3. The number of hydrogen-bond donors (Lipinski definition) is 1. The Balaban J connectivity index is 0.00000432. The Morgan fingerprint density at radius 3 is 1.63 bits per heavy atom. The molecular formula is C23H21F3LiNO6S. The van der Waals surface area contributed by atoms with Crippen LogP contribution in [0.15, 0.2) is 59.5 Å². The number of aromatic carboxylic acids is 1. The molecule has 3 aromatic carbocycles. The number of carboxylic acids is 1. The van der Waals surface area contributed by atoms with Gasteiger partial charge in [-0.1, -0.05) is 24.3 Å². The zero-order chi connectivity index (χ0) is 25.0. The van der Waals surface area contributed by atoms with Crippen LogP contribution in [-0.2, 0) is 23.1 Å². The third-order valence-electron chi connectivity index (χ3n) is 5.00. The van der Waals surface area contributed by atoms with Gasteiger partial charge in [0, 0.05) is 13.1 Å². The van der Waals surface area contributed by atoms with E-state index in [1.807, 2.05) is 0 Å². The van der Waals surface area contributed by atoms with Crippen molar-refractivity contribution in [2.24, 2.45) is 0 Å². The quantitative estimate of drug-likeness (QED) is 0.355. The predicted octanol–water partition coefficient (Wildman–Crippen LogP) is 3.56. The van der Waals surface area contributed by atoms with Gasteiger partial charge in [-0.25, -0.2) is 26.4 Å². The van der Waals surface area contributed by atoms with Crippen LogP contribution in [0.5, 0.6) is 11.5 Å². The molecule has 182 valence electrons. The molecule has 7 nitrogen and oxygen atoms in total. The number of nitrogens with zero attached hydrogens (tertiary/aromatic N) is 1. The van der Waals surface area contributed by atoms with E-state index in [1.165, 1.54) is 14.2 Å². The molecule has 0 saturated carbocycles. The third-order valence-corrected chi connectivity index (χ3v) is 6.79. The molecule has 0 spiro atoms. The number of ether oxygens (including phenoxy) is 2. The van der Waals surface area contributed by atoms with Gasteiger partial charge in [0.1, 0.15) is 16.4 Å². The topological polar surface area (TPSA) is 93.1 Å². The molecule has 0 aliphatic heterocycles. The second-order valence-electron chi connectivity index (χ2n) is 7.14. The van der Waals surface area contributed by atoms with E-state index >= 15 is 0 Å². The van der Waals surface area contributed by atoms with Crippen molar-refractivity contribution in [1.29, 1.82) is 0 Å². The van der Waals surface area contributed by atoms with Gasteiger partial charge in [0.25, 0.3) is 0 Å². The summed E-state index contributed by atoms with van der Waals surface area (Å²) < 4.78 is 80.4. The van der Waals surface area contributed by atoms with E-state index in [4.69, 9.17) is 14.6 Å². The van der Waals surface area contributed by atoms with Crippen LogP contribution in [0.2, 0.25) is 0 Å². The summed E-state index contributed by atoms with van der Waals surface area (Å²) in [5, 5.41) is 9.12. The minimum atomic E-state index is -4.83. The van der Waals surface area contributed by atoms with Gasteiger partial charge in [-0.3, -0.25) is 0 Å². The molecule has 0 heterocycles. The van der Waals surface area contributed by atoms with Crippen molar-refractivity contribution < 1.29 is 41.0 Å². The summed E-state index contributed by atoms with van der Waals surface area (Å²) in [5.41, 5.74) is -0.329. The molecule has 0 fully saturated rings. The second-order valence-corrected chi connectivity index (χ2v) is 9.04. The number of hydrogen-bond acceptors (Lipinski definition) is 5. The van der Waals surface area contributed by atoms with Crippen LogP contribution in [0.25, 0.3) is 0 Å². The van der Waals surface area contributed by atoms with Crippen LogP contribution >= 0.6 is 0 Å². The Morgan fingerprint density at radius 2 is 1.26 bits per heavy atom. The number of rotatable bonds is 9. The zero-order valence-corrected chi connectivity index (χ0v) is 18.9. The van der Waals surface area contributed by atoms with Crippen molar-refractivity contribution in [1.82, 2.24) is 4.31 Å². The van der Waals surface area contributed by atoms with Crippen molar-refractivity contribution in [2.45, 2.75) is 18.0 Å². The fraction of sp³-hybridized carbons (Fsp3) is 0.174. The van der Waals surface area contributed by atoms with E-state index < -0.39 is 43.9 Å². The molecule has 0 aliphatic rings. The summed E-state index contributed by atoms with van der Waals surface area (Å²) in [6.45, 7) is -0.557. The molecule has 0 atom stereocenters. The molecule has 1 N–H and O–H groups in total. The van der Waals surface area contributed by atoms with Crippen LogP contribution < -0.4 is 9.47 Å². The predicted molar refractivity (Wildman–Crippen MR) is 123 cm³/mol. The van der Waals surface area contributed by atoms with Gasteiger partial charge < -0.3 is 14.6 Å². The fourth-order valence-electron chi connectivity index (χ4n) is 3.16. The summed E-state index contributed by atoms with van der Waals surface area (Å²) in [7, 11) is -1.91. The number of benzene rings is 3. The maximum atomic E-state index is 14.6. The Kier molecular flexibility index (Phi) is 9.40. The van der Waals surface area contributed by atoms with E-state index in [9.17, 15) is 26.4 Å². The summed E-state index contributed by atoms with van der Waals surface area (Å²) in [5.74, 6) is -7.08. The van der Waals surface area contributed by atoms with Gasteiger partial charge in [0.15, 0.2) is 17.5 Å². The molecule has 35 heavy (non-hydrogen) atoms. The van der Waals surface area contributed by atoms with Gasteiger partial charge in [0.2, 0.25) is 10.0 Å². The zero-order valence-electron chi connectivity index (χ0n) is 18.1. The van der Waals surface area contributed by atoms with Crippen LogP contribution in [0, 0.1) is 17.5 Å². The van der Waals surface area contributed by atoms with Crippen LogP contribution in [0.3, 0.4) is 0 Å². The van der Waals surface area contributed by atoms with E-state index in [1.54, 1.807) is 48.5 Å². The number of sulfonamides is 1. The first kappa shape index (κ1) is 28.3. The van der Waals surface area contributed by atoms with Crippen molar-refractivity contribution in [3.63, 3.8) is 0 Å². The van der Waals surface area contributed by atoms with Gasteiger partial charge in [-0.15, -0.1) is 0 Å². The maximum absolute atomic E-state index is 14.6. The van der Waals surface area contributed by atoms with Crippen molar-refractivity contribution in [3.05, 3.63) is 88.7 Å². The summed E-state index contributed by atoms with van der Waals surface area (Å²) in [6.07, 6.45) is 0. The second kappa shape index (κ2) is 11.6. The van der Waals surface area contributed by atoms with Gasteiger partial charge in [0.05, 0.1) is 19.8 Å². The molecule has 0 saturated heterocycles. The first-order valence-electron chi connectivity index (χ1n) is 9.75. The van der Waals surface area contributed by atoms with Crippen molar-refractivity contribution in [2.75, 3.05) is 14.2 Å². The summed E-state index contributed by atoms with van der Waals surface area (Å²) >= 11 is 0. The molecule has 12 heteroatoms. The molecule has 0 bridgehead atoms. The van der Waals surface area contributed by atoms with E-state index in [0.29, 0.717) is 22.6 Å². The SMILES string of the molecule is COc1ccc(CN(Cc2ccc(OC)cc2)S(=O)(=O)c2cc(C(=O)O)c(F)c(F)c2F)cc1.[LiH]. The fourth-order valence-corrected chi connectivity index (χ4v) is 4.66. The van der Waals surface area contributed by atoms with E-state index in [-0.39, 0.29) is 38.0 Å². The number of carboxylic acid groups (broad SMARTS) is 1. The van der Waals surface area contributed by atoms with Crippen molar-refractivity contribution in [3.8, 4) is 11.5 Å². The molecule has 0 radical (unpaired) electrons. The standard InChI is InChI=1S/C23H20F3NO6S.Li.H/c1-32-16-7-3-14(4-8-16)12-27(13-15-5-9-17(33-2)10-6-15)34(30,31)19-11-18(23(28)29)20(24)22(26)21(19)25;;/h3-11H,12-13H2,1-2H3,(H,28,29);;. The molecule has 3 rings (SSSR count). The molecular weight excluding hydrogens is 482 g/mol. The van der Waals surface area contributed by atoms with Crippen LogP contribution in [0.4, 0.5) is 13.2 Å². The number of methoxy groups -OCH3 is 2. The van der Waals surface area contributed by atoms with Gasteiger partial charge in [-0.2, -0.15) is 4.31 Å².